The van der Waals surface area contributed by atoms with E-state index in [-0.39, 0.29) is 30.8 Å². The number of nitrogens with one attached hydrogen (secondary N) is 1. The molecule has 158 valence electrons. The van der Waals surface area contributed by atoms with Gasteiger partial charge in [0, 0.05) is 18.2 Å². The molecule has 0 fully saturated rings. The molecule has 1 aliphatic heterocycles. The number of benzene rings is 3. The van der Waals surface area contributed by atoms with Gasteiger partial charge in [-0.25, -0.2) is 0 Å². The largest absolute Gasteiger partial charge is 0.496 e. The van der Waals surface area contributed by atoms with Gasteiger partial charge < -0.3 is 19.5 Å². The van der Waals surface area contributed by atoms with E-state index in [4.69, 9.17) is 14.2 Å². The average Bonchev–Trinajstić information content (AvgIpc) is 2.78. The highest BCUT2D eigenvalue weighted by molar-refractivity contribution is 6.00. The predicted octanol–water partition coefficient (Wildman–Crippen LogP) is 4.94. The lowest BCUT2D eigenvalue weighted by Gasteiger charge is -2.26. The van der Waals surface area contributed by atoms with Gasteiger partial charge >= 0.3 is 0 Å². The molecular formula is C25H23NO5. The van der Waals surface area contributed by atoms with Crippen LogP contribution in [0.25, 0.3) is 0 Å². The molecule has 6 nitrogen and oxygen atoms in total. The van der Waals surface area contributed by atoms with Crippen LogP contribution in [0.3, 0.4) is 0 Å². The van der Waals surface area contributed by atoms with Gasteiger partial charge in [-0.05, 0) is 54.1 Å². The Morgan fingerprint density at radius 1 is 1.10 bits per heavy atom. The van der Waals surface area contributed by atoms with Gasteiger partial charge in [-0.3, -0.25) is 9.59 Å². The fraction of sp³-hybridized carbons (Fsp3) is 0.200. The van der Waals surface area contributed by atoms with Crippen molar-refractivity contribution in [1.29, 1.82) is 0 Å². The van der Waals surface area contributed by atoms with Crippen molar-refractivity contribution in [2.24, 2.45) is 0 Å². The third kappa shape index (κ3) is 4.69. The van der Waals surface area contributed by atoms with Crippen LogP contribution in [0.1, 0.15) is 40.9 Å². The third-order valence-electron chi connectivity index (χ3n) is 5.07. The normalized spacial score (nSPS) is 14.9. The maximum Gasteiger partial charge on any atom is 0.221 e. The lowest BCUT2D eigenvalue weighted by Crippen LogP contribution is -2.20. The first kappa shape index (κ1) is 20.5. The number of Topliss-reactive ketones (excluding diaryl/α,β-unsaturated/α-hetero) is 1. The Labute approximate surface area is 180 Å². The number of fused-ring (bicyclic) bond motifs is 1. The van der Waals surface area contributed by atoms with E-state index in [1.807, 2.05) is 36.4 Å². The Morgan fingerprint density at radius 3 is 2.61 bits per heavy atom. The summed E-state index contributed by atoms with van der Waals surface area (Å²) in [7, 11) is 1.61. The van der Waals surface area contributed by atoms with Crippen molar-refractivity contribution in [2.75, 3.05) is 12.4 Å². The zero-order valence-corrected chi connectivity index (χ0v) is 17.4. The van der Waals surface area contributed by atoms with Gasteiger partial charge in [0.15, 0.2) is 5.78 Å². The van der Waals surface area contributed by atoms with Crippen LogP contribution in [-0.2, 0) is 11.4 Å². The molecule has 0 spiro atoms. The second kappa shape index (κ2) is 8.92. The summed E-state index contributed by atoms with van der Waals surface area (Å²) in [6, 6.07) is 20.2. The summed E-state index contributed by atoms with van der Waals surface area (Å²) in [6.45, 7) is 1.75. The second-order valence-corrected chi connectivity index (χ2v) is 7.30. The molecule has 1 aliphatic rings. The molecule has 0 aliphatic carbocycles. The molecule has 31 heavy (non-hydrogen) atoms. The Bertz CT molecular complexity index is 1110. The molecule has 0 saturated heterocycles. The molecule has 0 radical (unpaired) electrons. The predicted molar refractivity (Wildman–Crippen MR) is 117 cm³/mol. The van der Waals surface area contributed by atoms with E-state index < -0.39 is 0 Å². The maximum atomic E-state index is 12.5. The molecule has 6 heteroatoms. The number of ether oxygens (including phenoxy) is 3. The van der Waals surface area contributed by atoms with Gasteiger partial charge in [-0.1, -0.05) is 18.2 Å². The van der Waals surface area contributed by atoms with Crippen molar-refractivity contribution in [3.05, 3.63) is 83.4 Å². The van der Waals surface area contributed by atoms with Crippen LogP contribution in [0.2, 0.25) is 0 Å². The van der Waals surface area contributed by atoms with E-state index in [1.165, 1.54) is 6.92 Å². The smallest absolute Gasteiger partial charge is 0.221 e. The first-order chi connectivity index (χ1) is 15.0. The number of carbonyl (C=O) groups excluding carboxylic acids is 2. The van der Waals surface area contributed by atoms with E-state index in [0.717, 1.165) is 11.1 Å². The van der Waals surface area contributed by atoms with Crippen LogP contribution >= 0.6 is 0 Å². The maximum absolute atomic E-state index is 12.5. The second-order valence-electron chi connectivity index (χ2n) is 7.30. The Kier molecular flexibility index (Phi) is 5.89. The standard InChI is InChI=1S/C25H23NO5/c1-16(27)26-19-8-10-20(11-9-19)30-15-18-13-17(7-12-23(18)29-2)25-14-22(28)21-5-3-4-6-24(21)31-25/h3-13,25H,14-15H2,1-2H3,(H,26,27)/t25-/m0/s1. The van der Waals surface area contributed by atoms with Crippen molar-refractivity contribution in [1.82, 2.24) is 0 Å². The molecule has 0 bridgehead atoms. The van der Waals surface area contributed by atoms with E-state index in [1.54, 1.807) is 37.4 Å². The van der Waals surface area contributed by atoms with Gasteiger partial charge in [-0.15, -0.1) is 0 Å². The number of hydrogen-bond donors (Lipinski definition) is 1. The molecule has 1 N–H and O–H groups in total. The topological polar surface area (TPSA) is 73.9 Å². The number of carbonyl (C=O) groups is 2. The average molecular weight is 417 g/mol. The highest BCUT2D eigenvalue weighted by Crippen LogP contribution is 2.36. The summed E-state index contributed by atoms with van der Waals surface area (Å²) in [6.07, 6.45) is -0.0714. The van der Waals surface area contributed by atoms with E-state index in [2.05, 4.69) is 5.32 Å². The molecule has 3 aromatic rings. The van der Waals surface area contributed by atoms with Gasteiger partial charge in [0.05, 0.1) is 19.1 Å². The number of rotatable bonds is 6. The molecule has 1 atom stereocenters. The van der Waals surface area contributed by atoms with Crippen LogP contribution in [0.4, 0.5) is 5.69 Å². The van der Waals surface area contributed by atoms with Crippen LogP contribution in [0.15, 0.2) is 66.7 Å². The SMILES string of the molecule is COc1ccc([C@@H]2CC(=O)c3ccccc3O2)cc1COc1ccc(NC(C)=O)cc1. The summed E-state index contributed by atoms with van der Waals surface area (Å²) in [4.78, 5) is 23.7. The number of amides is 1. The fourth-order valence-corrected chi connectivity index (χ4v) is 3.57. The van der Waals surface area contributed by atoms with Gasteiger partial charge in [0.2, 0.25) is 5.91 Å². The number of methoxy groups -OCH3 is 1. The Morgan fingerprint density at radius 2 is 1.87 bits per heavy atom. The molecule has 4 rings (SSSR count). The van der Waals surface area contributed by atoms with Crippen molar-refractivity contribution in [3.63, 3.8) is 0 Å². The number of ketones is 1. The van der Waals surface area contributed by atoms with Crippen LogP contribution < -0.4 is 19.5 Å². The summed E-state index contributed by atoms with van der Waals surface area (Å²) in [5, 5.41) is 2.72. The Balaban J connectivity index is 1.50. The molecule has 0 unspecified atom stereocenters. The number of hydrogen-bond acceptors (Lipinski definition) is 5. The van der Waals surface area contributed by atoms with Crippen LogP contribution in [0, 0.1) is 0 Å². The van der Waals surface area contributed by atoms with E-state index in [0.29, 0.717) is 28.5 Å². The summed E-state index contributed by atoms with van der Waals surface area (Å²) < 4.78 is 17.5. The molecule has 3 aromatic carbocycles. The zero-order valence-electron chi connectivity index (χ0n) is 17.4. The first-order valence-electron chi connectivity index (χ1n) is 9.99. The van der Waals surface area contributed by atoms with Crippen molar-refractivity contribution in [3.8, 4) is 17.2 Å². The monoisotopic (exact) mass is 417 g/mol. The summed E-state index contributed by atoms with van der Waals surface area (Å²) in [5.41, 5.74) is 3.07. The Hall–Kier alpha value is -3.80. The zero-order chi connectivity index (χ0) is 21.8. The number of anilines is 1. The highest BCUT2D eigenvalue weighted by Gasteiger charge is 2.27. The molecular weight excluding hydrogens is 394 g/mol. The van der Waals surface area contributed by atoms with Crippen molar-refractivity contribution >= 4 is 17.4 Å². The third-order valence-corrected chi connectivity index (χ3v) is 5.07. The van der Waals surface area contributed by atoms with Gasteiger partial charge in [0.1, 0.15) is 30.0 Å². The molecule has 1 amide bonds. The van der Waals surface area contributed by atoms with Crippen LogP contribution in [-0.4, -0.2) is 18.8 Å². The van der Waals surface area contributed by atoms with E-state index in [9.17, 15) is 9.59 Å². The van der Waals surface area contributed by atoms with Gasteiger partial charge in [0.25, 0.3) is 0 Å². The number of para-hydroxylation sites is 1. The summed E-state index contributed by atoms with van der Waals surface area (Å²) in [5.74, 6) is 1.92. The lowest BCUT2D eigenvalue weighted by molar-refractivity contribution is -0.114. The minimum Gasteiger partial charge on any atom is -0.496 e. The van der Waals surface area contributed by atoms with E-state index >= 15 is 0 Å². The minimum absolute atomic E-state index is 0.0692. The quantitative estimate of drug-likeness (QED) is 0.615. The summed E-state index contributed by atoms with van der Waals surface area (Å²) >= 11 is 0. The molecule has 0 saturated carbocycles. The van der Waals surface area contributed by atoms with Crippen molar-refractivity contribution < 1.29 is 23.8 Å². The highest BCUT2D eigenvalue weighted by atomic mass is 16.5. The van der Waals surface area contributed by atoms with Gasteiger partial charge in [-0.2, -0.15) is 0 Å². The minimum atomic E-state index is -0.357. The molecule has 0 aromatic heterocycles. The fourth-order valence-electron chi connectivity index (χ4n) is 3.57. The van der Waals surface area contributed by atoms with Crippen molar-refractivity contribution in [2.45, 2.75) is 26.1 Å². The van der Waals surface area contributed by atoms with Crippen LogP contribution in [0.5, 0.6) is 17.2 Å². The lowest BCUT2D eigenvalue weighted by atomic mass is 9.95. The first-order valence-corrected chi connectivity index (χ1v) is 9.99. The molecule has 1 heterocycles.